The molecule has 1 aliphatic rings. The molecule has 1 amide bonds. The molecule has 17 heavy (non-hydrogen) atoms. The zero-order valence-corrected chi connectivity index (χ0v) is 11.4. The summed E-state index contributed by atoms with van der Waals surface area (Å²) in [7, 11) is 0. The van der Waals surface area contributed by atoms with E-state index in [2.05, 4.69) is 0 Å². The van der Waals surface area contributed by atoms with Crippen LogP contribution in [0, 0.1) is 5.41 Å². The summed E-state index contributed by atoms with van der Waals surface area (Å²) in [5.41, 5.74) is -0.975. The molecule has 100 valence electrons. The van der Waals surface area contributed by atoms with Gasteiger partial charge in [0.25, 0.3) is 0 Å². The number of rotatable bonds is 4. The van der Waals surface area contributed by atoms with Crippen LogP contribution >= 0.6 is 0 Å². The van der Waals surface area contributed by atoms with Gasteiger partial charge in [-0.05, 0) is 32.1 Å². The minimum atomic E-state index is -0.756. The van der Waals surface area contributed by atoms with Crippen molar-refractivity contribution in [2.45, 2.75) is 58.7 Å². The lowest BCUT2D eigenvalue weighted by molar-refractivity contribution is -0.133. The number of likely N-dealkylation sites (tertiary alicyclic amines) is 1. The van der Waals surface area contributed by atoms with Crippen molar-refractivity contribution in [1.29, 1.82) is 0 Å². The van der Waals surface area contributed by atoms with Crippen molar-refractivity contribution in [3.05, 3.63) is 0 Å². The number of hydrogen-bond acceptors (Lipinski definition) is 3. The fraction of sp³-hybridized carbons (Fsp3) is 0.923. The SMILES string of the molecule is CC(C)(O)CC(C)(C)CC(=O)N1CCC(O)C1. The van der Waals surface area contributed by atoms with Crippen LogP contribution in [-0.4, -0.2) is 45.8 Å². The topological polar surface area (TPSA) is 60.8 Å². The Hall–Kier alpha value is -0.610. The monoisotopic (exact) mass is 243 g/mol. The van der Waals surface area contributed by atoms with E-state index in [4.69, 9.17) is 0 Å². The average Bonchev–Trinajstić information content (AvgIpc) is 2.45. The minimum Gasteiger partial charge on any atom is -0.391 e. The fourth-order valence-corrected chi connectivity index (χ4v) is 2.72. The fourth-order valence-electron chi connectivity index (χ4n) is 2.72. The van der Waals surface area contributed by atoms with Crippen molar-refractivity contribution in [1.82, 2.24) is 4.90 Å². The summed E-state index contributed by atoms with van der Waals surface area (Å²) in [4.78, 5) is 13.7. The number of amides is 1. The molecule has 4 nitrogen and oxygen atoms in total. The second-order valence-electron chi connectivity index (χ2n) is 6.61. The predicted octanol–water partition coefficient (Wildman–Crippen LogP) is 1.16. The molecular formula is C13H25NO3. The van der Waals surface area contributed by atoms with Gasteiger partial charge in [-0.3, -0.25) is 4.79 Å². The highest BCUT2D eigenvalue weighted by Crippen LogP contribution is 2.32. The summed E-state index contributed by atoms with van der Waals surface area (Å²) in [6.07, 6.45) is 1.32. The molecule has 1 fully saturated rings. The molecule has 0 aliphatic carbocycles. The molecule has 1 unspecified atom stereocenters. The molecule has 1 atom stereocenters. The molecule has 0 aromatic rings. The predicted molar refractivity (Wildman–Crippen MR) is 66.5 cm³/mol. The van der Waals surface area contributed by atoms with E-state index in [1.807, 2.05) is 13.8 Å². The first kappa shape index (κ1) is 14.5. The molecule has 0 aromatic heterocycles. The van der Waals surface area contributed by atoms with Crippen molar-refractivity contribution in [2.75, 3.05) is 13.1 Å². The van der Waals surface area contributed by atoms with E-state index in [0.29, 0.717) is 32.4 Å². The number of hydrogen-bond donors (Lipinski definition) is 2. The molecule has 0 spiro atoms. The quantitative estimate of drug-likeness (QED) is 0.779. The van der Waals surface area contributed by atoms with Crippen LogP contribution in [0.15, 0.2) is 0 Å². The first-order chi connectivity index (χ1) is 7.59. The normalized spacial score (nSPS) is 22.0. The molecule has 1 rings (SSSR count). The molecule has 4 heteroatoms. The van der Waals surface area contributed by atoms with E-state index in [1.165, 1.54) is 0 Å². The number of aliphatic hydroxyl groups excluding tert-OH is 1. The maximum absolute atomic E-state index is 12.0. The smallest absolute Gasteiger partial charge is 0.223 e. The first-order valence-corrected chi connectivity index (χ1v) is 6.27. The molecule has 0 bridgehead atoms. The van der Waals surface area contributed by atoms with Crippen LogP contribution in [0.3, 0.4) is 0 Å². The van der Waals surface area contributed by atoms with E-state index >= 15 is 0 Å². The van der Waals surface area contributed by atoms with E-state index in [1.54, 1.807) is 18.7 Å². The highest BCUT2D eigenvalue weighted by Gasteiger charge is 2.32. The van der Waals surface area contributed by atoms with E-state index in [0.717, 1.165) is 0 Å². The Balaban J connectivity index is 2.50. The van der Waals surface area contributed by atoms with Crippen LogP contribution in [0.2, 0.25) is 0 Å². The Kier molecular flexibility index (Phi) is 4.20. The van der Waals surface area contributed by atoms with Crippen molar-refractivity contribution in [3.8, 4) is 0 Å². The number of nitrogens with zero attached hydrogens (tertiary/aromatic N) is 1. The largest absolute Gasteiger partial charge is 0.391 e. The van der Waals surface area contributed by atoms with Crippen LogP contribution in [0.25, 0.3) is 0 Å². The second-order valence-corrected chi connectivity index (χ2v) is 6.61. The lowest BCUT2D eigenvalue weighted by Crippen LogP contribution is -2.36. The van der Waals surface area contributed by atoms with Gasteiger partial charge in [0, 0.05) is 19.5 Å². The molecule has 0 saturated carbocycles. The lowest BCUT2D eigenvalue weighted by Gasteiger charge is -2.32. The third kappa shape index (κ3) is 5.04. The molecule has 1 aliphatic heterocycles. The highest BCUT2D eigenvalue weighted by molar-refractivity contribution is 5.77. The van der Waals surface area contributed by atoms with Crippen molar-refractivity contribution >= 4 is 5.91 Å². The summed E-state index contributed by atoms with van der Waals surface area (Å²) >= 11 is 0. The molecular weight excluding hydrogens is 218 g/mol. The van der Waals surface area contributed by atoms with Crippen molar-refractivity contribution in [2.24, 2.45) is 5.41 Å². The summed E-state index contributed by atoms with van der Waals surface area (Å²) in [6, 6.07) is 0. The van der Waals surface area contributed by atoms with Gasteiger partial charge in [0.05, 0.1) is 11.7 Å². The van der Waals surface area contributed by atoms with Crippen LogP contribution in [-0.2, 0) is 4.79 Å². The third-order valence-corrected chi connectivity index (χ3v) is 3.06. The number of carbonyl (C=O) groups excluding carboxylic acids is 1. The Morgan fingerprint density at radius 1 is 1.35 bits per heavy atom. The molecule has 0 radical (unpaired) electrons. The number of carbonyl (C=O) groups is 1. The van der Waals surface area contributed by atoms with E-state index < -0.39 is 5.60 Å². The van der Waals surface area contributed by atoms with Crippen LogP contribution in [0.4, 0.5) is 0 Å². The van der Waals surface area contributed by atoms with Gasteiger partial charge in [-0.1, -0.05) is 13.8 Å². The maximum Gasteiger partial charge on any atom is 0.223 e. The molecule has 2 N–H and O–H groups in total. The summed E-state index contributed by atoms with van der Waals surface area (Å²) in [6.45, 7) is 8.62. The Morgan fingerprint density at radius 2 is 1.94 bits per heavy atom. The van der Waals surface area contributed by atoms with Gasteiger partial charge in [-0.2, -0.15) is 0 Å². The second kappa shape index (κ2) is 4.94. The standard InChI is InChI=1S/C13H25NO3/c1-12(2,9-13(3,4)17)7-11(16)14-6-5-10(15)8-14/h10,15,17H,5-9H2,1-4H3. The highest BCUT2D eigenvalue weighted by atomic mass is 16.3. The van der Waals surface area contributed by atoms with Gasteiger partial charge in [-0.25, -0.2) is 0 Å². The molecule has 1 saturated heterocycles. The molecule has 1 heterocycles. The van der Waals surface area contributed by atoms with E-state index in [-0.39, 0.29) is 17.4 Å². The van der Waals surface area contributed by atoms with Crippen LogP contribution < -0.4 is 0 Å². The third-order valence-electron chi connectivity index (χ3n) is 3.06. The summed E-state index contributed by atoms with van der Waals surface area (Å²) < 4.78 is 0. The minimum absolute atomic E-state index is 0.0794. The number of β-amino-alcohol motifs (C(OH)–C–C–N with tert-alkyl or cyclic N) is 1. The van der Waals surface area contributed by atoms with Gasteiger partial charge in [0.1, 0.15) is 0 Å². The van der Waals surface area contributed by atoms with E-state index in [9.17, 15) is 15.0 Å². The summed E-state index contributed by atoms with van der Waals surface area (Å²) in [5, 5.41) is 19.2. The van der Waals surface area contributed by atoms with Crippen LogP contribution in [0.5, 0.6) is 0 Å². The lowest BCUT2D eigenvalue weighted by atomic mass is 9.79. The summed E-state index contributed by atoms with van der Waals surface area (Å²) in [5.74, 6) is 0.0794. The van der Waals surface area contributed by atoms with Crippen molar-refractivity contribution < 1.29 is 15.0 Å². The zero-order valence-electron chi connectivity index (χ0n) is 11.4. The van der Waals surface area contributed by atoms with Crippen LogP contribution in [0.1, 0.15) is 47.0 Å². The van der Waals surface area contributed by atoms with Gasteiger partial charge >= 0.3 is 0 Å². The van der Waals surface area contributed by atoms with Gasteiger partial charge in [-0.15, -0.1) is 0 Å². The maximum atomic E-state index is 12.0. The Morgan fingerprint density at radius 3 is 2.35 bits per heavy atom. The first-order valence-electron chi connectivity index (χ1n) is 6.27. The Bertz CT molecular complexity index is 281. The average molecular weight is 243 g/mol. The number of aliphatic hydroxyl groups is 2. The molecule has 0 aromatic carbocycles. The van der Waals surface area contributed by atoms with Gasteiger partial charge in [0.15, 0.2) is 0 Å². The van der Waals surface area contributed by atoms with Gasteiger partial charge < -0.3 is 15.1 Å². The van der Waals surface area contributed by atoms with Crippen molar-refractivity contribution in [3.63, 3.8) is 0 Å². The Labute approximate surface area is 104 Å². The zero-order chi connectivity index (χ0) is 13.3. The van der Waals surface area contributed by atoms with Gasteiger partial charge in [0.2, 0.25) is 5.91 Å².